The summed E-state index contributed by atoms with van der Waals surface area (Å²) in [6.45, 7) is 2.70. The van der Waals surface area contributed by atoms with Crippen LogP contribution in [-0.2, 0) is 15.4 Å². The number of likely N-dealkylation sites (tertiary alicyclic amines) is 1. The minimum atomic E-state index is -0.467. The Morgan fingerprint density at radius 1 is 1.38 bits per heavy atom. The largest absolute Gasteiger partial charge is 0.464 e. The number of benzene rings is 1. The highest BCUT2D eigenvalue weighted by Gasteiger charge is 2.33. The third kappa shape index (κ3) is 3.76. The van der Waals surface area contributed by atoms with Crippen LogP contribution < -0.4 is 0 Å². The third-order valence-electron chi connectivity index (χ3n) is 3.65. The Balaban J connectivity index is 2.19. The second-order valence-electron chi connectivity index (χ2n) is 5.10. The Morgan fingerprint density at radius 2 is 2.19 bits per heavy atom. The number of carbonyl (C=O) groups is 2. The third-order valence-corrected chi connectivity index (χ3v) is 3.96. The topological polar surface area (TPSA) is 46.6 Å². The molecule has 1 saturated heterocycles. The van der Waals surface area contributed by atoms with Gasteiger partial charge in [-0.15, -0.1) is 11.6 Å². The lowest BCUT2D eigenvalue weighted by Crippen LogP contribution is -2.48. The molecule has 0 radical (unpaired) electrons. The van der Waals surface area contributed by atoms with Gasteiger partial charge in [-0.2, -0.15) is 0 Å². The van der Waals surface area contributed by atoms with Gasteiger partial charge in [0.05, 0.1) is 6.61 Å². The highest BCUT2D eigenvalue weighted by Crippen LogP contribution is 2.21. The van der Waals surface area contributed by atoms with Gasteiger partial charge in [0.15, 0.2) is 0 Å². The molecule has 1 aromatic rings. The van der Waals surface area contributed by atoms with E-state index in [0.29, 0.717) is 31.0 Å². The number of rotatable bonds is 4. The first-order valence-electron chi connectivity index (χ1n) is 7.30. The lowest BCUT2D eigenvalue weighted by molar-refractivity contribution is -0.149. The van der Waals surface area contributed by atoms with Crippen LogP contribution in [0.1, 0.15) is 42.1 Å². The maximum Gasteiger partial charge on any atom is 0.328 e. The van der Waals surface area contributed by atoms with E-state index in [9.17, 15) is 9.59 Å². The zero-order chi connectivity index (χ0) is 15.2. The zero-order valence-electron chi connectivity index (χ0n) is 12.2. The molecular formula is C16H20ClNO3. The lowest BCUT2D eigenvalue weighted by Gasteiger charge is -2.34. The van der Waals surface area contributed by atoms with Crippen LogP contribution in [0.25, 0.3) is 0 Å². The van der Waals surface area contributed by atoms with Crippen LogP contribution in [0.3, 0.4) is 0 Å². The van der Waals surface area contributed by atoms with Gasteiger partial charge in [-0.3, -0.25) is 4.79 Å². The van der Waals surface area contributed by atoms with Crippen molar-refractivity contribution in [2.75, 3.05) is 13.2 Å². The fraction of sp³-hybridized carbons (Fsp3) is 0.500. The monoisotopic (exact) mass is 309 g/mol. The van der Waals surface area contributed by atoms with Crippen LogP contribution in [0, 0.1) is 0 Å². The van der Waals surface area contributed by atoms with Crippen molar-refractivity contribution in [2.24, 2.45) is 0 Å². The summed E-state index contributed by atoms with van der Waals surface area (Å²) in [5.74, 6) is -0.0682. The molecule has 1 fully saturated rings. The van der Waals surface area contributed by atoms with Gasteiger partial charge in [0.1, 0.15) is 6.04 Å². The number of ether oxygens (including phenoxy) is 1. The molecule has 0 bridgehead atoms. The van der Waals surface area contributed by atoms with Crippen LogP contribution >= 0.6 is 11.6 Å². The molecule has 114 valence electrons. The van der Waals surface area contributed by atoms with Crippen LogP contribution in [0.2, 0.25) is 0 Å². The van der Waals surface area contributed by atoms with Gasteiger partial charge in [-0.05, 0) is 43.9 Å². The van der Waals surface area contributed by atoms with Gasteiger partial charge in [0, 0.05) is 18.0 Å². The van der Waals surface area contributed by atoms with Crippen LogP contribution in [0.5, 0.6) is 0 Å². The predicted molar refractivity (Wildman–Crippen MR) is 81.3 cm³/mol. The summed E-state index contributed by atoms with van der Waals surface area (Å²) in [7, 11) is 0. The summed E-state index contributed by atoms with van der Waals surface area (Å²) in [6.07, 6.45) is 2.52. The summed E-state index contributed by atoms with van der Waals surface area (Å²) >= 11 is 5.81. The molecule has 1 aromatic carbocycles. The highest BCUT2D eigenvalue weighted by atomic mass is 35.5. The Morgan fingerprint density at radius 3 is 2.90 bits per heavy atom. The lowest BCUT2D eigenvalue weighted by atomic mass is 10.0. The van der Waals surface area contributed by atoms with Gasteiger partial charge >= 0.3 is 5.97 Å². The molecule has 1 heterocycles. The molecule has 0 saturated carbocycles. The maximum absolute atomic E-state index is 12.7. The van der Waals surface area contributed by atoms with E-state index in [0.717, 1.165) is 18.4 Å². The summed E-state index contributed by atoms with van der Waals surface area (Å²) in [4.78, 5) is 26.3. The first-order chi connectivity index (χ1) is 10.2. The maximum atomic E-state index is 12.7. The van der Waals surface area contributed by atoms with E-state index >= 15 is 0 Å². The Hall–Kier alpha value is -1.55. The fourth-order valence-electron chi connectivity index (χ4n) is 2.61. The fourth-order valence-corrected chi connectivity index (χ4v) is 2.78. The molecule has 5 heteroatoms. The van der Waals surface area contributed by atoms with Gasteiger partial charge in [0.2, 0.25) is 0 Å². The van der Waals surface area contributed by atoms with Crippen molar-refractivity contribution in [1.82, 2.24) is 4.90 Å². The molecule has 0 aromatic heterocycles. The number of esters is 1. The zero-order valence-corrected chi connectivity index (χ0v) is 12.9. The van der Waals surface area contributed by atoms with E-state index in [-0.39, 0.29) is 11.9 Å². The quantitative estimate of drug-likeness (QED) is 0.634. The molecular weight excluding hydrogens is 290 g/mol. The molecule has 0 spiro atoms. The van der Waals surface area contributed by atoms with Crippen LogP contribution in [0.15, 0.2) is 24.3 Å². The number of halogens is 1. The van der Waals surface area contributed by atoms with Gasteiger partial charge in [-0.1, -0.05) is 12.1 Å². The van der Waals surface area contributed by atoms with Crippen molar-refractivity contribution < 1.29 is 14.3 Å². The number of amides is 1. The number of piperidine rings is 1. The molecule has 0 aliphatic carbocycles. The molecule has 21 heavy (non-hydrogen) atoms. The van der Waals surface area contributed by atoms with Gasteiger partial charge < -0.3 is 9.64 Å². The summed E-state index contributed by atoms with van der Waals surface area (Å²) in [5, 5.41) is 0. The molecule has 1 amide bonds. The Bertz CT molecular complexity index is 518. The standard InChI is InChI=1S/C16H20ClNO3/c1-2-21-16(20)14-8-3-4-9-18(14)15(19)13-7-5-6-12(10-13)11-17/h5-7,10,14H,2-4,8-9,11H2,1H3. The average Bonchev–Trinajstić information content (AvgIpc) is 2.54. The molecule has 1 atom stereocenters. The van der Waals surface area contributed by atoms with Crippen LogP contribution in [0.4, 0.5) is 0 Å². The second-order valence-corrected chi connectivity index (χ2v) is 5.36. The number of hydrogen-bond donors (Lipinski definition) is 0. The second kappa shape index (κ2) is 7.46. The Labute approximate surface area is 130 Å². The SMILES string of the molecule is CCOC(=O)C1CCCCN1C(=O)c1cccc(CCl)c1. The summed E-state index contributed by atoms with van der Waals surface area (Å²) in [6, 6.07) is 6.77. The van der Waals surface area contributed by atoms with Crippen molar-refractivity contribution in [3.05, 3.63) is 35.4 Å². The van der Waals surface area contributed by atoms with Gasteiger partial charge in [0.25, 0.3) is 5.91 Å². The normalized spacial score (nSPS) is 18.4. The predicted octanol–water partition coefficient (Wildman–Crippen LogP) is 2.98. The minimum Gasteiger partial charge on any atom is -0.464 e. The molecule has 2 rings (SSSR count). The minimum absolute atomic E-state index is 0.125. The van der Waals surface area contributed by atoms with Crippen molar-refractivity contribution in [2.45, 2.75) is 38.1 Å². The summed E-state index contributed by atoms with van der Waals surface area (Å²) in [5.41, 5.74) is 1.47. The molecule has 4 nitrogen and oxygen atoms in total. The van der Waals surface area contributed by atoms with E-state index < -0.39 is 6.04 Å². The van der Waals surface area contributed by atoms with E-state index in [1.807, 2.05) is 12.1 Å². The molecule has 1 aliphatic rings. The van der Waals surface area contributed by atoms with Crippen LogP contribution in [-0.4, -0.2) is 36.0 Å². The van der Waals surface area contributed by atoms with Crippen molar-refractivity contribution in [3.8, 4) is 0 Å². The van der Waals surface area contributed by atoms with Gasteiger partial charge in [-0.25, -0.2) is 4.79 Å². The van der Waals surface area contributed by atoms with E-state index in [4.69, 9.17) is 16.3 Å². The summed E-state index contributed by atoms with van der Waals surface area (Å²) < 4.78 is 5.09. The van der Waals surface area contributed by atoms with E-state index in [1.54, 1.807) is 24.0 Å². The van der Waals surface area contributed by atoms with E-state index in [1.165, 1.54) is 0 Å². The first-order valence-corrected chi connectivity index (χ1v) is 7.83. The average molecular weight is 310 g/mol. The number of nitrogens with zero attached hydrogens (tertiary/aromatic N) is 1. The molecule has 0 N–H and O–H groups in total. The van der Waals surface area contributed by atoms with Crippen molar-refractivity contribution in [3.63, 3.8) is 0 Å². The number of carbonyl (C=O) groups excluding carboxylic acids is 2. The Kier molecular flexibility index (Phi) is 5.62. The smallest absolute Gasteiger partial charge is 0.328 e. The van der Waals surface area contributed by atoms with E-state index in [2.05, 4.69) is 0 Å². The molecule has 1 unspecified atom stereocenters. The van der Waals surface area contributed by atoms with Crippen molar-refractivity contribution in [1.29, 1.82) is 0 Å². The number of alkyl halides is 1. The molecule has 1 aliphatic heterocycles. The number of hydrogen-bond acceptors (Lipinski definition) is 3. The highest BCUT2D eigenvalue weighted by molar-refractivity contribution is 6.17. The van der Waals surface area contributed by atoms with Crippen molar-refractivity contribution >= 4 is 23.5 Å². The first kappa shape index (κ1) is 15.8.